The lowest BCUT2D eigenvalue weighted by atomic mass is 10.2. The lowest BCUT2D eigenvalue weighted by molar-refractivity contribution is -0.384. The van der Waals surface area contributed by atoms with Gasteiger partial charge in [-0.3, -0.25) is 14.9 Å². The van der Waals surface area contributed by atoms with Gasteiger partial charge in [-0.15, -0.1) is 16.8 Å². The van der Waals surface area contributed by atoms with Gasteiger partial charge in [-0.2, -0.15) is 0 Å². The van der Waals surface area contributed by atoms with Crippen LogP contribution in [-0.4, -0.2) is 31.3 Å². The molecule has 0 aliphatic rings. The molecule has 1 heterocycles. The lowest BCUT2D eigenvalue weighted by Crippen LogP contribution is -2.15. The number of rotatable bonds is 7. The topological polar surface area (TPSA) is 103 Å². The number of allylic oxidation sites excluding steroid dienone is 1. The van der Waals surface area contributed by atoms with Gasteiger partial charge in [-0.1, -0.05) is 17.8 Å². The molecule has 120 valence electrons. The summed E-state index contributed by atoms with van der Waals surface area (Å²) >= 11 is 1.12. The fourth-order valence-electron chi connectivity index (χ4n) is 1.70. The normalized spacial score (nSPS) is 10.3. The Morgan fingerprint density at radius 2 is 2.35 bits per heavy atom. The van der Waals surface area contributed by atoms with Crippen LogP contribution in [0.1, 0.15) is 0 Å². The molecule has 23 heavy (non-hydrogen) atoms. The minimum atomic E-state index is -0.757. The van der Waals surface area contributed by atoms with E-state index in [0.717, 1.165) is 30.0 Å². The van der Waals surface area contributed by atoms with Crippen LogP contribution in [0.3, 0.4) is 0 Å². The first-order valence-electron chi connectivity index (χ1n) is 6.36. The SMILES string of the molecule is C=CCn1cnnc1SCC(=O)Nc1ccc(F)cc1[N+](=O)[O-]. The van der Waals surface area contributed by atoms with Crippen molar-refractivity contribution in [1.82, 2.24) is 14.8 Å². The number of hydrogen-bond donors (Lipinski definition) is 1. The molecule has 1 aromatic carbocycles. The molecule has 0 spiro atoms. The van der Waals surface area contributed by atoms with E-state index in [4.69, 9.17) is 0 Å². The standard InChI is InChI=1S/C13H12FN5O3S/c1-2-5-18-8-15-17-13(18)23-7-12(20)16-10-4-3-9(14)6-11(10)19(21)22/h2-4,6,8H,1,5,7H2,(H,16,20). The molecule has 0 radical (unpaired) electrons. The molecule has 1 N–H and O–H groups in total. The molecule has 1 amide bonds. The van der Waals surface area contributed by atoms with Crippen LogP contribution in [0.5, 0.6) is 0 Å². The average molecular weight is 337 g/mol. The van der Waals surface area contributed by atoms with Gasteiger partial charge in [0.25, 0.3) is 5.69 Å². The molecule has 8 nitrogen and oxygen atoms in total. The fourth-order valence-corrected chi connectivity index (χ4v) is 2.42. The summed E-state index contributed by atoms with van der Waals surface area (Å²) < 4.78 is 14.7. The molecule has 1 aromatic heterocycles. The third-order valence-electron chi connectivity index (χ3n) is 2.67. The predicted molar refractivity (Wildman–Crippen MR) is 82.6 cm³/mol. The summed E-state index contributed by atoms with van der Waals surface area (Å²) in [5.41, 5.74) is -0.562. The highest BCUT2D eigenvalue weighted by molar-refractivity contribution is 7.99. The van der Waals surface area contributed by atoms with Crippen molar-refractivity contribution in [3.63, 3.8) is 0 Å². The molecule has 0 unspecified atom stereocenters. The Balaban J connectivity index is 2.01. The van der Waals surface area contributed by atoms with E-state index in [1.165, 1.54) is 6.33 Å². The molecule has 2 aromatic rings. The monoisotopic (exact) mass is 337 g/mol. The van der Waals surface area contributed by atoms with E-state index >= 15 is 0 Å². The van der Waals surface area contributed by atoms with Crippen LogP contribution in [-0.2, 0) is 11.3 Å². The Kier molecular flexibility index (Phi) is 5.41. The number of hydrogen-bond acceptors (Lipinski definition) is 6. The first-order valence-corrected chi connectivity index (χ1v) is 7.35. The maximum atomic E-state index is 13.0. The lowest BCUT2D eigenvalue weighted by Gasteiger charge is -2.06. The summed E-state index contributed by atoms with van der Waals surface area (Å²) in [7, 11) is 0. The molecule has 0 bridgehead atoms. The highest BCUT2D eigenvalue weighted by atomic mass is 32.2. The number of nitrogens with one attached hydrogen (secondary N) is 1. The number of nitrogens with zero attached hydrogens (tertiary/aromatic N) is 4. The van der Waals surface area contributed by atoms with Crippen molar-refractivity contribution in [3.8, 4) is 0 Å². The van der Waals surface area contributed by atoms with E-state index < -0.39 is 22.3 Å². The van der Waals surface area contributed by atoms with Crippen LogP contribution in [0.2, 0.25) is 0 Å². The summed E-state index contributed by atoms with van der Waals surface area (Å²) in [6, 6.07) is 2.94. The van der Waals surface area contributed by atoms with Crippen molar-refractivity contribution < 1.29 is 14.1 Å². The van der Waals surface area contributed by atoms with E-state index in [9.17, 15) is 19.3 Å². The van der Waals surface area contributed by atoms with Gasteiger partial charge in [-0.25, -0.2) is 4.39 Å². The molecule has 0 aliphatic carbocycles. The number of nitro groups is 1. The first-order chi connectivity index (χ1) is 11.0. The van der Waals surface area contributed by atoms with Gasteiger partial charge in [-0.05, 0) is 12.1 Å². The maximum Gasteiger partial charge on any atom is 0.295 e. The average Bonchev–Trinajstić information content (AvgIpc) is 2.94. The fraction of sp³-hybridized carbons (Fsp3) is 0.154. The Bertz CT molecular complexity index is 749. The minimum Gasteiger partial charge on any atom is -0.320 e. The van der Waals surface area contributed by atoms with Crippen LogP contribution < -0.4 is 5.32 Å². The highest BCUT2D eigenvalue weighted by Gasteiger charge is 2.17. The van der Waals surface area contributed by atoms with Gasteiger partial charge >= 0.3 is 0 Å². The third-order valence-corrected chi connectivity index (χ3v) is 3.65. The van der Waals surface area contributed by atoms with Crippen molar-refractivity contribution in [1.29, 1.82) is 0 Å². The Hall–Kier alpha value is -2.75. The molecule has 2 rings (SSSR count). The van der Waals surface area contributed by atoms with Crippen molar-refractivity contribution in [2.24, 2.45) is 0 Å². The third kappa shape index (κ3) is 4.36. The van der Waals surface area contributed by atoms with E-state index in [2.05, 4.69) is 22.1 Å². The number of benzene rings is 1. The van der Waals surface area contributed by atoms with E-state index in [1.54, 1.807) is 10.6 Å². The van der Waals surface area contributed by atoms with Crippen LogP contribution in [0.4, 0.5) is 15.8 Å². The van der Waals surface area contributed by atoms with Crippen LogP contribution >= 0.6 is 11.8 Å². The number of amides is 1. The molecular weight excluding hydrogens is 325 g/mol. The number of carbonyl (C=O) groups is 1. The van der Waals surface area contributed by atoms with Crippen molar-refractivity contribution in [3.05, 3.63) is 53.1 Å². The second kappa shape index (κ2) is 7.49. The molecule has 0 atom stereocenters. The second-order valence-electron chi connectivity index (χ2n) is 4.31. The highest BCUT2D eigenvalue weighted by Crippen LogP contribution is 2.25. The number of carbonyl (C=O) groups excluding carboxylic acids is 1. The zero-order chi connectivity index (χ0) is 16.8. The van der Waals surface area contributed by atoms with Crippen molar-refractivity contribution >= 4 is 29.0 Å². The number of aromatic nitrogens is 3. The molecule has 0 saturated heterocycles. The Morgan fingerprint density at radius 3 is 3.04 bits per heavy atom. The molecule has 10 heteroatoms. The quantitative estimate of drug-likeness (QED) is 0.360. The summed E-state index contributed by atoms with van der Waals surface area (Å²) in [6.07, 6.45) is 3.17. The number of nitro benzene ring substituents is 1. The van der Waals surface area contributed by atoms with Crippen LogP contribution in [0.25, 0.3) is 0 Å². The van der Waals surface area contributed by atoms with Crippen LogP contribution in [0, 0.1) is 15.9 Å². The van der Waals surface area contributed by atoms with Crippen molar-refractivity contribution in [2.45, 2.75) is 11.7 Å². The molecule has 0 fully saturated rings. The maximum absolute atomic E-state index is 13.0. The van der Waals surface area contributed by atoms with Gasteiger partial charge in [0.2, 0.25) is 5.91 Å². The van der Waals surface area contributed by atoms with Gasteiger partial charge in [0.05, 0.1) is 16.7 Å². The molecular formula is C13H12FN5O3S. The Labute approximate surface area is 134 Å². The minimum absolute atomic E-state index is 0.0234. The molecule has 0 aliphatic heterocycles. The first kappa shape index (κ1) is 16.6. The van der Waals surface area contributed by atoms with Crippen molar-refractivity contribution in [2.75, 3.05) is 11.1 Å². The van der Waals surface area contributed by atoms with Crippen LogP contribution in [0.15, 0.2) is 42.3 Å². The van der Waals surface area contributed by atoms with Gasteiger partial charge < -0.3 is 9.88 Å². The summed E-state index contributed by atoms with van der Waals surface area (Å²) in [4.78, 5) is 22.0. The Morgan fingerprint density at radius 1 is 1.57 bits per heavy atom. The predicted octanol–water partition coefficient (Wildman–Crippen LogP) is 2.24. The zero-order valence-electron chi connectivity index (χ0n) is 11.8. The summed E-state index contributed by atoms with van der Waals surface area (Å²) in [6.45, 7) is 4.10. The summed E-state index contributed by atoms with van der Waals surface area (Å²) in [5.74, 6) is -1.25. The van der Waals surface area contributed by atoms with E-state index in [-0.39, 0.29) is 11.4 Å². The number of thioether (sulfide) groups is 1. The van der Waals surface area contributed by atoms with E-state index in [0.29, 0.717) is 11.7 Å². The largest absolute Gasteiger partial charge is 0.320 e. The van der Waals surface area contributed by atoms with Gasteiger partial charge in [0.1, 0.15) is 17.8 Å². The second-order valence-corrected chi connectivity index (χ2v) is 5.25. The number of anilines is 1. The van der Waals surface area contributed by atoms with Gasteiger partial charge in [0, 0.05) is 6.54 Å². The summed E-state index contributed by atoms with van der Waals surface area (Å²) in [5, 5.41) is 21.4. The number of halogens is 1. The van der Waals surface area contributed by atoms with E-state index in [1.807, 2.05) is 0 Å². The zero-order valence-corrected chi connectivity index (χ0v) is 12.6. The van der Waals surface area contributed by atoms with Gasteiger partial charge in [0.15, 0.2) is 5.16 Å². The molecule has 0 saturated carbocycles. The smallest absolute Gasteiger partial charge is 0.295 e.